The highest BCUT2D eigenvalue weighted by molar-refractivity contribution is 7.99. The molecule has 0 unspecified atom stereocenters. The van der Waals surface area contributed by atoms with E-state index < -0.39 is 0 Å². The standard InChI is InChI=1S/C13H15NOS/c1-2-16-12-5-3-11(4-6-12)13(7-8-14)9-15-10-13/h3-6H,2,7,9-10H2,1H3. The maximum Gasteiger partial charge on any atom is 0.0632 e. The van der Waals surface area contributed by atoms with Crippen LogP contribution in [0.1, 0.15) is 18.9 Å². The van der Waals surface area contributed by atoms with Crippen LogP contribution in [-0.2, 0) is 10.2 Å². The highest BCUT2D eigenvalue weighted by Gasteiger charge is 2.40. The van der Waals surface area contributed by atoms with Crippen LogP contribution in [0, 0.1) is 11.3 Å². The zero-order valence-electron chi connectivity index (χ0n) is 9.40. The Balaban J connectivity index is 2.17. The summed E-state index contributed by atoms with van der Waals surface area (Å²) in [6.07, 6.45) is 0.549. The van der Waals surface area contributed by atoms with E-state index in [-0.39, 0.29) is 5.41 Å². The van der Waals surface area contributed by atoms with Gasteiger partial charge in [0.25, 0.3) is 0 Å². The van der Waals surface area contributed by atoms with Crippen molar-refractivity contribution >= 4 is 11.8 Å². The topological polar surface area (TPSA) is 33.0 Å². The molecule has 1 aliphatic heterocycles. The Morgan fingerprint density at radius 3 is 2.50 bits per heavy atom. The van der Waals surface area contributed by atoms with Crippen molar-refractivity contribution in [1.82, 2.24) is 0 Å². The molecule has 1 fully saturated rings. The van der Waals surface area contributed by atoms with E-state index in [0.717, 1.165) is 5.75 Å². The molecular weight excluding hydrogens is 218 g/mol. The van der Waals surface area contributed by atoms with E-state index in [0.29, 0.717) is 19.6 Å². The summed E-state index contributed by atoms with van der Waals surface area (Å²) in [5.41, 5.74) is 1.20. The van der Waals surface area contributed by atoms with Crippen molar-refractivity contribution in [2.75, 3.05) is 19.0 Å². The molecule has 1 aromatic rings. The summed E-state index contributed by atoms with van der Waals surface area (Å²) in [5, 5.41) is 8.86. The van der Waals surface area contributed by atoms with Gasteiger partial charge in [0.15, 0.2) is 0 Å². The fourth-order valence-electron chi connectivity index (χ4n) is 1.94. The van der Waals surface area contributed by atoms with Gasteiger partial charge in [0.05, 0.1) is 24.7 Å². The minimum absolute atomic E-state index is 0.0375. The normalized spacial score (nSPS) is 17.5. The van der Waals surface area contributed by atoms with Crippen molar-refractivity contribution in [2.24, 2.45) is 0 Å². The first-order valence-electron chi connectivity index (χ1n) is 5.49. The fraction of sp³-hybridized carbons (Fsp3) is 0.462. The minimum atomic E-state index is -0.0375. The Labute approximate surface area is 101 Å². The lowest BCUT2D eigenvalue weighted by molar-refractivity contribution is -0.0577. The maximum atomic E-state index is 8.86. The number of rotatable bonds is 4. The van der Waals surface area contributed by atoms with Crippen LogP contribution < -0.4 is 0 Å². The van der Waals surface area contributed by atoms with Gasteiger partial charge in [-0.1, -0.05) is 19.1 Å². The second-order valence-electron chi connectivity index (χ2n) is 4.07. The van der Waals surface area contributed by atoms with Crippen molar-refractivity contribution in [1.29, 1.82) is 5.26 Å². The van der Waals surface area contributed by atoms with Gasteiger partial charge in [-0.2, -0.15) is 5.26 Å². The predicted octanol–water partition coefficient (Wildman–Crippen LogP) is 2.98. The Kier molecular flexibility index (Phi) is 3.52. The molecule has 0 spiro atoms. The van der Waals surface area contributed by atoms with Crippen molar-refractivity contribution in [2.45, 2.75) is 23.7 Å². The zero-order chi connectivity index (χ0) is 11.4. The van der Waals surface area contributed by atoms with Crippen LogP contribution in [0.4, 0.5) is 0 Å². The van der Waals surface area contributed by atoms with Crippen LogP contribution in [0.5, 0.6) is 0 Å². The molecule has 0 amide bonds. The van der Waals surface area contributed by atoms with E-state index in [1.54, 1.807) is 0 Å². The summed E-state index contributed by atoms with van der Waals surface area (Å²) in [4.78, 5) is 1.29. The first-order chi connectivity index (χ1) is 7.80. The molecule has 84 valence electrons. The van der Waals surface area contributed by atoms with Crippen molar-refractivity contribution in [3.63, 3.8) is 0 Å². The summed E-state index contributed by atoms with van der Waals surface area (Å²) in [6, 6.07) is 10.8. The van der Waals surface area contributed by atoms with Crippen LogP contribution in [0.25, 0.3) is 0 Å². The first-order valence-corrected chi connectivity index (χ1v) is 6.47. The molecule has 1 saturated heterocycles. The molecule has 0 aliphatic carbocycles. The Morgan fingerprint density at radius 1 is 1.38 bits per heavy atom. The smallest absolute Gasteiger partial charge is 0.0632 e. The van der Waals surface area contributed by atoms with Crippen molar-refractivity contribution < 1.29 is 4.74 Å². The van der Waals surface area contributed by atoms with E-state index in [4.69, 9.17) is 10.00 Å². The van der Waals surface area contributed by atoms with Crippen molar-refractivity contribution in [3.05, 3.63) is 29.8 Å². The van der Waals surface area contributed by atoms with Gasteiger partial charge in [0.1, 0.15) is 0 Å². The van der Waals surface area contributed by atoms with E-state index in [9.17, 15) is 0 Å². The van der Waals surface area contributed by atoms with Gasteiger partial charge >= 0.3 is 0 Å². The third-order valence-corrected chi connectivity index (χ3v) is 3.85. The van der Waals surface area contributed by atoms with Gasteiger partial charge in [-0.3, -0.25) is 0 Å². The summed E-state index contributed by atoms with van der Waals surface area (Å²) < 4.78 is 5.27. The molecule has 0 aromatic heterocycles. The molecule has 0 radical (unpaired) electrons. The number of ether oxygens (including phenoxy) is 1. The summed E-state index contributed by atoms with van der Waals surface area (Å²) in [5.74, 6) is 1.09. The van der Waals surface area contributed by atoms with E-state index in [1.807, 2.05) is 11.8 Å². The highest BCUT2D eigenvalue weighted by atomic mass is 32.2. The summed E-state index contributed by atoms with van der Waals surface area (Å²) >= 11 is 1.84. The number of thioether (sulfide) groups is 1. The fourth-order valence-corrected chi connectivity index (χ4v) is 2.60. The largest absolute Gasteiger partial charge is 0.379 e. The summed E-state index contributed by atoms with van der Waals surface area (Å²) in [7, 11) is 0. The van der Waals surface area contributed by atoms with E-state index >= 15 is 0 Å². The van der Waals surface area contributed by atoms with Gasteiger partial charge in [-0.15, -0.1) is 11.8 Å². The zero-order valence-corrected chi connectivity index (χ0v) is 10.2. The maximum absolute atomic E-state index is 8.86. The van der Waals surface area contributed by atoms with Gasteiger partial charge in [-0.05, 0) is 23.4 Å². The quantitative estimate of drug-likeness (QED) is 0.749. The number of hydrogen-bond acceptors (Lipinski definition) is 3. The second kappa shape index (κ2) is 4.90. The molecule has 0 atom stereocenters. The molecule has 1 aliphatic rings. The third-order valence-electron chi connectivity index (χ3n) is 2.95. The van der Waals surface area contributed by atoms with Crippen molar-refractivity contribution in [3.8, 4) is 6.07 Å². The van der Waals surface area contributed by atoms with E-state index in [2.05, 4.69) is 37.3 Å². The average molecular weight is 233 g/mol. The van der Waals surface area contributed by atoms with Crippen LogP contribution in [0.15, 0.2) is 29.2 Å². The Bertz CT molecular complexity index is 389. The average Bonchev–Trinajstić information content (AvgIpc) is 2.25. The highest BCUT2D eigenvalue weighted by Crippen LogP contribution is 2.36. The summed E-state index contributed by atoms with van der Waals surface area (Å²) in [6.45, 7) is 3.51. The van der Waals surface area contributed by atoms with Crippen LogP contribution >= 0.6 is 11.8 Å². The molecule has 1 heterocycles. The van der Waals surface area contributed by atoms with Gasteiger partial charge in [-0.25, -0.2) is 0 Å². The van der Waals surface area contributed by atoms with Crippen LogP contribution in [0.3, 0.4) is 0 Å². The Morgan fingerprint density at radius 2 is 2.06 bits per heavy atom. The van der Waals surface area contributed by atoms with Crippen LogP contribution in [0.2, 0.25) is 0 Å². The number of nitriles is 1. The molecule has 16 heavy (non-hydrogen) atoms. The van der Waals surface area contributed by atoms with Gasteiger partial charge in [0.2, 0.25) is 0 Å². The lowest BCUT2D eigenvalue weighted by atomic mass is 9.76. The molecule has 0 saturated carbocycles. The predicted molar refractivity (Wildman–Crippen MR) is 65.6 cm³/mol. The number of hydrogen-bond donors (Lipinski definition) is 0. The minimum Gasteiger partial charge on any atom is -0.379 e. The molecular formula is C13H15NOS. The first kappa shape index (κ1) is 11.5. The SMILES string of the molecule is CCSc1ccc(C2(CC#N)COC2)cc1. The number of nitrogens with zero attached hydrogens (tertiary/aromatic N) is 1. The van der Waals surface area contributed by atoms with Crippen LogP contribution in [-0.4, -0.2) is 19.0 Å². The monoisotopic (exact) mass is 233 g/mol. The molecule has 1 aromatic carbocycles. The second-order valence-corrected chi connectivity index (χ2v) is 5.40. The molecule has 2 nitrogen and oxygen atoms in total. The van der Waals surface area contributed by atoms with Gasteiger partial charge < -0.3 is 4.74 Å². The molecule has 3 heteroatoms. The molecule has 0 N–H and O–H groups in total. The molecule has 0 bridgehead atoms. The Hall–Kier alpha value is -0.980. The van der Waals surface area contributed by atoms with E-state index in [1.165, 1.54) is 10.5 Å². The molecule has 2 rings (SSSR count). The third kappa shape index (κ3) is 2.09. The number of benzene rings is 1. The lowest BCUT2D eigenvalue weighted by Crippen LogP contribution is -2.46. The lowest BCUT2D eigenvalue weighted by Gasteiger charge is -2.40. The van der Waals surface area contributed by atoms with Gasteiger partial charge in [0, 0.05) is 11.3 Å².